The van der Waals surface area contributed by atoms with E-state index < -0.39 is 22.7 Å². The molecule has 0 spiro atoms. The number of methoxy groups -OCH3 is 1. The lowest BCUT2D eigenvalue weighted by atomic mass is 9.90. The molecule has 1 aliphatic carbocycles. The van der Waals surface area contributed by atoms with Crippen molar-refractivity contribution in [3.05, 3.63) is 60.0 Å². The summed E-state index contributed by atoms with van der Waals surface area (Å²) < 4.78 is 80.4. The molecule has 2 heterocycles. The van der Waals surface area contributed by atoms with Crippen molar-refractivity contribution in [2.75, 3.05) is 43.1 Å². The Morgan fingerprint density at radius 1 is 1.09 bits per heavy atom. The Kier molecular flexibility index (Phi) is 9.74. The minimum atomic E-state index is -4.44. The predicted molar refractivity (Wildman–Crippen MR) is 171 cm³/mol. The lowest BCUT2D eigenvalue weighted by Crippen LogP contribution is -3.10. The maximum absolute atomic E-state index is 13.7. The zero-order valence-electron chi connectivity index (χ0n) is 26.1. The van der Waals surface area contributed by atoms with Crippen LogP contribution in [0.25, 0.3) is 10.9 Å². The number of hydrogen-bond acceptors (Lipinski definition) is 7. The van der Waals surface area contributed by atoms with E-state index >= 15 is 0 Å². The van der Waals surface area contributed by atoms with Crippen molar-refractivity contribution >= 4 is 38.1 Å². The minimum absolute atomic E-state index is 0.0488. The molecular weight excluding hydrogens is 621 g/mol. The van der Waals surface area contributed by atoms with Crippen molar-refractivity contribution in [3.8, 4) is 17.6 Å². The van der Waals surface area contributed by atoms with Crippen LogP contribution in [0.3, 0.4) is 0 Å². The number of alkyl halides is 3. The average molecular weight is 660 g/mol. The fraction of sp³-hybridized carbons (Fsp3) is 0.406. The van der Waals surface area contributed by atoms with E-state index in [1.165, 1.54) is 40.8 Å². The van der Waals surface area contributed by atoms with Crippen LogP contribution in [0, 0.1) is 18.8 Å². The van der Waals surface area contributed by atoms with Gasteiger partial charge in [-0.1, -0.05) is 17.1 Å². The zero-order chi connectivity index (χ0) is 33.1. The van der Waals surface area contributed by atoms with Gasteiger partial charge in [0.05, 0.1) is 55.6 Å². The molecule has 46 heavy (non-hydrogen) atoms. The molecule has 0 amide bonds. The van der Waals surface area contributed by atoms with Crippen LogP contribution in [0.15, 0.2) is 57.9 Å². The number of halogens is 3. The summed E-state index contributed by atoms with van der Waals surface area (Å²) in [6, 6.07) is 13.6. The summed E-state index contributed by atoms with van der Waals surface area (Å²) in [5.74, 6) is 6.55. The molecular formula is C32H38F3N6O4S+. The van der Waals surface area contributed by atoms with Gasteiger partial charge < -0.3 is 29.4 Å². The fourth-order valence-electron chi connectivity index (χ4n) is 5.77. The highest BCUT2D eigenvalue weighted by Crippen LogP contribution is 2.32. The van der Waals surface area contributed by atoms with E-state index in [2.05, 4.69) is 46.4 Å². The van der Waals surface area contributed by atoms with Crippen LogP contribution >= 0.6 is 0 Å². The van der Waals surface area contributed by atoms with E-state index in [-0.39, 0.29) is 34.7 Å². The molecule has 1 aliphatic rings. The molecule has 0 saturated heterocycles. The van der Waals surface area contributed by atoms with Crippen molar-refractivity contribution in [2.24, 2.45) is 0 Å². The van der Waals surface area contributed by atoms with Gasteiger partial charge in [-0.25, -0.2) is 8.42 Å². The van der Waals surface area contributed by atoms with Gasteiger partial charge in [-0.15, -0.1) is 0 Å². The number of quaternary nitrogens is 1. The summed E-state index contributed by atoms with van der Waals surface area (Å²) >= 11 is 0. The van der Waals surface area contributed by atoms with E-state index in [9.17, 15) is 21.6 Å². The van der Waals surface area contributed by atoms with Gasteiger partial charge in [0.15, 0.2) is 5.82 Å². The second-order valence-electron chi connectivity index (χ2n) is 11.7. The Hall–Kier alpha value is -4.35. The first-order chi connectivity index (χ1) is 21.8. The van der Waals surface area contributed by atoms with Gasteiger partial charge in [-0.05, 0) is 56.0 Å². The first kappa shape index (κ1) is 33.0. The number of anilines is 3. The van der Waals surface area contributed by atoms with Crippen LogP contribution in [-0.4, -0.2) is 64.2 Å². The number of hydrogen-bond donors (Lipinski definition) is 4. The first-order valence-electron chi connectivity index (χ1n) is 15.0. The largest absolute Gasteiger partial charge is 0.495 e. The Morgan fingerprint density at radius 3 is 2.50 bits per heavy atom. The van der Waals surface area contributed by atoms with Gasteiger partial charge in [0.2, 0.25) is 0 Å². The number of nitrogens with zero attached hydrogens (tertiary/aromatic N) is 2. The standard InChI is InChI=1S/C32H37F3N6O4S/c1-21-17-31(38-45-21)39-46(42,43)25-14-15-28(30(19-25)44-4)36-16-6-7-24-18-26-27(37-22-10-12-23(13-11-22)40(2)3)8-5-9-29(26)41(24)20-32(33,34)35/h5,8-9,14-15,17-19,22-23,36-37H,10-13,16,20H2,1-4H3,(H,38,39)/p+1. The monoisotopic (exact) mass is 659 g/mol. The van der Waals surface area contributed by atoms with Crippen LogP contribution in [0.1, 0.15) is 37.1 Å². The van der Waals surface area contributed by atoms with E-state index in [1.54, 1.807) is 25.1 Å². The molecule has 1 fully saturated rings. The Bertz CT molecular complexity index is 1850. The van der Waals surface area contributed by atoms with Gasteiger partial charge in [0.25, 0.3) is 10.0 Å². The van der Waals surface area contributed by atoms with Gasteiger partial charge in [-0.3, -0.25) is 4.72 Å². The van der Waals surface area contributed by atoms with E-state index in [1.807, 2.05) is 6.07 Å². The maximum atomic E-state index is 13.7. The maximum Gasteiger partial charge on any atom is 0.406 e. The van der Waals surface area contributed by atoms with Crippen molar-refractivity contribution in [2.45, 2.75) is 62.3 Å². The first-order valence-corrected chi connectivity index (χ1v) is 16.4. The number of nitrogens with one attached hydrogen (secondary N) is 4. The Morgan fingerprint density at radius 2 is 1.85 bits per heavy atom. The third kappa shape index (κ3) is 7.89. The molecule has 2 aromatic heterocycles. The minimum Gasteiger partial charge on any atom is -0.495 e. The topological polar surface area (TPSA) is 115 Å². The predicted octanol–water partition coefficient (Wildman–Crippen LogP) is 4.64. The van der Waals surface area contributed by atoms with Gasteiger partial charge in [0.1, 0.15) is 18.1 Å². The lowest BCUT2D eigenvalue weighted by Gasteiger charge is -2.31. The highest BCUT2D eigenvalue weighted by atomic mass is 32.2. The molecule has 4 aromatic rings. The number of rotatable bonds is 10. The molecule has 10 nitrogen and oxygen atoms in total. The van der Waals surface area contributed by atoms with Crippen LogP contribution in [0.4, 0.5) is 30.4 Å². The lowest BCUT2D eigenvalue weighted by molar-refractivity contribution is -0.887. The van der Waals surface area contributed by atoms with E-state index in [0.717, 1.165) is 31.4 Å². The summed E-state index contributed by atoms with van der Waals surface area (Å²) in [6.07, 6.45) is -0.243. The fourth-order valence-corrected chi connectivity index (χ4v) is 6.77. The van der Waals surface area contributed by atoms with Crippen LogP contribution in [0.5, 0.6) is 5.75 Å². The highest BCUT2D eigenvalue weighted by Gasteiger charge is 2.30. The summed E-state index contributed by atoms with van der Waals surface area (Å²) in [5.41, 5.74) is 1.96. The van der Waals surface area contributed by atoms with Crippen LogP contribution < -0.4 is 25.0 Å². The number of ether oxygens (including phenoxy) is 1. The average Bonchev–Trinajstić information content (AvgIpc) is 3.57. The van der Waals surface area contributed by atoms with Crippen molar-refractivity contribution in [1.82, 2.24) is 9.72 Å². The van der Waals surface area contributed by atoms with Gasteiger partial charge >= 0.3 is 6.18 Å². The number of aromatic nitrogens is 2. The second-order valence-corrected chi connectivity index (χ2v) is 13.4. The smallest absolute Gasteiger partial charge is 0.406 e. The quantitative estimate of drug-likeness (QED) is 0.184. The van der Waals surface area contributed by atoms with Crippen molar-refractivity contribution < 1.29 is 35.7 Å². The Balaban J connectivity index is 1.33. The third-order valence-electron chi connectivity index (χ3n) is 8.12. The van der Waals surface area contributed by atoms with Crippen molar-refractivity contribution in [3.63, 3.8) is 0 Å². The van der Waals surface area contributed by atoms with E-state index in [0.29, 0.717) is 28.4 Å². The summed E-state index contributed by atoms with van der Waals surface area (Å²) in [6.45, 7) is 0.537. The second kappa shape index (κ2) is 13.6. The van der Waals surface area contributed by atoms with E-state index in [4.69, 9.17) is 9.26 Å². The number of sulfonamides is 1. The molecule has 14 heteroatoms. The summed E-state index contributed by atoms with van der Waals surface area (Å²) in [7, 11) is 1.76. The normalized spacial score (nSPS) is 17.0. The number of aryl methyl sites for hydroxylation is 1. The molecule has 246 valence electrons. The molecule has 0 aliphatic heterocycles. The summed E-state index contributed by atoms with van der Waals surface area (Å²) in [4.78, 5) is 1.38. The van der Waals surface area contributed by atoms with Gasteiger partial charge in [0, 0.05) is 42.1 Å². The van der Waals surface area contributed by atoms with Gasteiger partial charge in [-0.2, -0.15) is 13.2 Å². The van der Waals surface area contributed by atoms with Crippen LogP contribution in [0.2, 0.25) is 0 Å². The molecule has 1 saturated carbocycles. The van der Waals surface area contributed by atoms with Crippen LogP contribution in [-0.2, 0) is 16.6 Å². The summed E-state index contributed by atoms with van der Waals surface area (Å²) in [5, 5.41) is 11.0. The number of benzene rings is 2. The zero-order valence-corrected chi connectivity index (χ0v) is 26.9. The Labute approximate surface area is 266 Å². The molecule has 0 atom stereocenters. The molecule has 4 N–H and O–H groups in total. The SMILES string of the molecule is COc1cc(S(=O)(=O)Nc2cc(C)on2)ccc1NCC#Cc1cc2c(NC3CCC([NH+](C)C)CC3)cccc2n1CC(F)(F)F. The molecule has 0 unspecified atom stereocenters. The molecule has 2 aromatic carbocycles. The molecule has 5 rings (SSSR count). The highest BCUT2D eigenvalue weighted by molar-refractivity contribution is 7.92. The third-order valence-corrected chi connectivity index (χ3v) is 9.47. The van der Waals surface area contributed by atoms with Crippen molar-refractivity contribution in [1.29, 1.82) is 0 Å². The molecule has 0 radical (unpaired) electrons. The number of fused-ring (bicyclic) bond motifs is 1. The molecule has 0 bridgehead atoms.